The minimum Gasteiger partial charge on any atom is -0.452 e. The zero-order valence-corrected chi connectivity index (χ0v) is 18.6. The summed E-state index contributed by atoms with van der Waals surface area (Å²) in [5.74, 6) is -0.486. The lowest BCUT2D eigenvalue weighted by molar-refractivity contribution is -0.119. The van der Waals surface area contributed by atoms with E-state index in [1.807, 2.05) is 13.8 Å². The van der Waals surface area contributed by atoms with Gasteiger partial charge in [-0.3, -0.25) is 4.79 Å². The predicted octanol–water partition coefficient (Wildman–Crippen LogP) is 4.05. The quantitative estimate of drug-likeness (QED) is 0.552. The average molecular weight is 462 g/mol. The van der Waals surface area contributed by atoms with E-state index in [0.29, 0.717) is 23.0 Å². The zero-order chi connectivity index (χ0) is 23.5. The summed E-state index contributed by atoms with van der Waals surface area (Å²) in [4.78, 5) is 24.2. The number of nitrogens with zero attached hydrogens (tertiary/aromatic N) is 1. The second-order valence-electron chi connectivity index (χ2n) is 7.65. The molecule has 0 radical (unpaired) electrons. The fourth-order valence-corrected chi connectivity index (χ4v) is 4.28. The Morgan fingerprint density at radius 3 is 2.41 bits per heavy atom. The fraction of sp³-hybridized carbons (Fsp3) is 0.273. The number of rotatable bonds is 7. The Balaban J connectivity index is 1.84. The van der Waals surface area contributed by atoms with E-state index in [9.17, 15) is 22.4 Å². The first-order chi connectivity index (χ1) is 15.1. The van der Waals surface area contributed by atoms with Crippen LogP contribution in [-0.4, -0.2) is 32.1 Å². The standard InChI is InChI=1S/C22H24FN3O5S/c1-14(2)13-20(26-12-11-17-18(23)5-4-6-19(17)26)21(27)24-15-7-9-16(10-8-15)32(29,30)25-22(28)31-3/h4-12,14,20H,13H2,1-3H3,(H,24,27)(H,25,28)/t20-/m1/s1. The molecule has 8 nitrogen and oxygen atoms in total. The van der Waals surface area contributed by atoms with Gasteiger partial charge in [0, 0.05) is 17.3 Å². The van der Waals surface area contributed by atoms with E-state index in [1.165, 1.54) is 30.3 Å². The van der Waals surface area contributed by atoms with Gasteiger partial charge in [-0.2, -0.15) is 0 Å². The molecule has 32 heavy (non-hydrogen) atoms. The maximum absolute atomic E-state index is 14.1. The summed E-state index contributed by atoms with van der Waals surface area (Å²) >= 11 is 0. The Kier molecular flexibility index (Phi) is 6.83. The highest BCUT2D eigenvalue weighted by molar-refractivity contribution is 7.90. The first-order valence-corrected chi connectivity index (χ1v) is 11.4. The van der Waals surface area contributed by atoms with Crippen molar-refractivity contribution in [1.29, 1.82) is 0 Å². The van der Waals surface area contributed by atoms with Gasteiger partial charge in [0.1, 0.15) is 11.9 Å². The van der Waals surface area contributed by atoms with Crippen molar-refractivity contribution < 1.29 is 27.1 Å². The SMILES string of the molecule is COC(=O)NS(=O)(=O)c1ccc(NC(=O)[C@@H](CC(C)C)n2ccc3c(F)cccc32)cc1. The summed E-state index contributed by atoms with van der Waals surface area (Å²) in [6.07, 6.45) is 1.10. The molecule has 2 aromatic carbocycles. The van der Waals surface area contributed by atoms with Crippen molar-refractivity contribution in [3.8, 4) is 0 Å². The predicted molar refractivity (Wildman–Crippen MR) is 118 cm³/mol. The molecule has 170 valence electrons. The molecule has 0 saturated carbocycles. The van der Waals surface area contributed by atoms with E-state index in [0.717, 1.165) is 7.11 Å². The molecule has 2 amide bonds. The first-order valence-electron chi connectivity index (χ1n) is 9.89. The number of hydrogen-bond donors (Lipinski definition) is 2. The Morgan fingerprint density at radius 2 is 1.78 bits per heavy atom. The van der Waals surface area contributed by atoms with Gasteiger partial charge in [0.2, 0.25) is 5.91 Å². The van der Waals surface area contributed by atoms with Gasteiger partial charge < -0.3 is 14.6 Å². The van der Waals surface area contributed by atoms with Crippen LogP contribution in [-0.2, 0) is 19.6 Å². The third-order valence-corrected chi connectivity index (χ3v) is 6.21. The molecule has 3 aromatic rings. The van der Waals surface area contributed by atoms with Crippen molar-refractivity contribution in [1.82, 2.24) is 9.29 Å². The van der Waals surface area contributed by atoms with E-state index < -0.39 is 22.2 Å². The van der Waals surface area contributed by atoms with E-state index in [1.54, 1.807) is 33.7 Å². The number of hydrogen-bond acceptors (Lipinski definition) is 5. The van der Waals surface area contributed by atoms with Crippen LogP contribution in [0.1, 0.15) is 26.3 Å². The van der Waals surface area contributed by atoms with Crippen molar-refractivity contribution in [3.05, 3.63) is 60.5 Å². The summed E-state index contributed by atoms with van der Waals surface area (Å²) < 4.78 is 46.2. The number of carbonyl (C=O) groups is 2. The largest absolute Gasteiger partial charge is 0.452 e. The summed E-state index contributed by atoms with van der Waals surface area (Å²) in [6, 6.07) is 11.1. The molecule has 0 saturated heterocycles. The number of aromatic nitrogens is 1. The van der Waals surface area contributed by atoms with Crippen LogP contribution in [0.5, 0.6) is 0 Å². The molecule has 0 bridgehead atoms. The lowest BCUT2D eigenvalue weighted by Crippen LogP contribution is -2.30. The van der Waals surface area contributed by atoms with Crippen molar-refractivity contribution in [2.45, 2.75) is 31.2 Å². The molecule has 0 spiro atoms. The van der Waals surface area contributed by atoms with E-state index in [-0.39, 0.29) is 22.5 Å². The summed E-state index contributed by atoms with van der Waals surface area (Å²) in [7, 11) is -3.03. The topological polar surface area (TPSA) is 106 Å². The first kappa shape index (κ1) is 23.3. The van der Waals surface area contributed by atoms with E-state index >= 15 is 0 Å². The maximum atomic E-state index is 14.1. The minimum atomic E-state index is -4.09. The van der Waals surface area contributed by atoms with Crippen LogP contribution in [0, 0.1) is 11.7 Å². The van der Waals surface area contributed by atoms with Crippen LogP contribution in [0.2, 0.25) is 0 Å². The summed E-state index contributed by atoms with van der Waals surface area (Å²) in [5.41, 5.74) is 0.990. The highest BCUT2D eigenvalue weighted by atomic mass is 32.2. The molecule has 2 N–H and O–H groups in total. The Hall–Kier alpha value is -3.40. The van der Waals surface area contributed by atoms with Gasteiger partial charge in [-0.1, -0.05) is 19.9 Å². The smallest absolute Gasteiger partial charge is 0.420 e. The van der Waals surface area contributed by atoms with Crippen molar-refractivity contribution in [2.24, 2.45) is 5.92 Å². The molecule has 0 aliphatic carbocycles. The summed E-state index contributed by atoms with van der Waals surface area (Å²) in [6.45, 7) is 3.97. The number of sulfonamides is 1. The van der Waals surface area contributed by atoms with Crippen LogP contribution in [0.4, 0.5) is 14.9 Å². The number of methoxy groups -OCH3 is 1. The third kappa shape index (κ3) is 5.08. The Bertz CT molecular complexity index is 1240. The molecular formula is C22H24FN3O5S. The zero-order valence-electron chi connectivity index (χ0n) is 17.8. The third-order valence-electron chi connectivity index (χ3n) is 4.88. The van der Waals surface area contributed by atoms with Crippen molar-refractivity contribution in [3.63, 3.8) is 0 Å². The lowest BCUT2D eigenvalue weighted by atomic mass is 10.0. The number of benzene rings is 2. The van der Waals surface area contributed by atoms with Gasteiger partial charge in [0.15, 0.2) is 0 Å². The van der Waals surface area contributed by atoms with E-state index in [2.05, 4.69) is 10.1 Å². The average Bonchev–Trinajstić information content (AvgIpc) is 3.17. The number of fused-ring (bicyclic) bond motifs is 1. The van der Waals surface area contributed by atoms with Gasteiger partial charge in [-0.25, -0.2) is 22.3 Å². The normalized spacial score (nSPS) is 12.5. The molecule has 0 aliphatic heterocycles. The van der Waals surface area contributed by atoms with Gasteiger partial charge in [-0.15, -0.1) is 0 Å². The van der Waals surface area contributed by atoms with Crippen LogP contribution in [0.25, 0.3) is 10.9 Å². The highest BCUT2D eigenvalue weighted by Gasteiger charge is 2.24. The molecule has 1 heterocycles. The lowest BCUT2D eigenvalue weighted by Gasteiger charge is -2.22. The highest BCUT2D eigenvalue weighted by Crippen LogP contribution is 2.27. The number of carbonyl (C=O) groups excluding carboxylic acids is 2. The molecule has 0 fully saturated rings. The van der Waals surface area contributed by atoms with E-state index in [4.69, 9.17) is 0 Å². The molecular weight excluding hydrogens is 437 g/mol. The second kappa shape index (κ2) is 9.39. The number of amides is 2. The van der Waals surface area contributed by atoms with Gasteiger partial charge in [-0.05, 0) is 54.8 Å². The van der Waals surface area contributed by atoms with Crippen LogP contribution >= 0.6 is 0 Å². The molecule has 0 aliphatic rings. The molecule has 3 rings (SSSR count). The number of ether oxygens (including phenoxy) is 1. The Labute approximate surface area is 185 Å². The molecule has 10 heteroatoms. The van der Waals surface area contributed by atoms with Crippen LogP contribution in [0.15, 0.2) is 59.6 Å². The molecule has 0 unspecified atom stereocenters. The molecule has 1 aromatic heterocycles. The minimum absolute atomic E-state index is 0.161. The Morgan fingerprint density at radius 1 is 1.09 bits per heavy atom. The number of anilines is 1. The van der Waals surface area contributed by atoms with Crippen molar-refractivity contribution in [2.75, 3.05) is 12.4 Å². The second-order valence-corrected chi connectivity index (χ2v) is 9.33. The molecule has 1 atom stereocenters. The van der Waals surface area contributed by atoms with Gasteiger partial charge in [0.25, 0.3) is 10.0 Å². The number of nitrogens with one attached hydrogen (secondary N) is 2. The van der Waals surface area contributed by atoms with Gasteiger partial charge in [0.05, 0.1) is 17.5 Å². The van der Waals surface area contributed by atoms with Crippen LogP contribution < -0.4 is 10.0 Å². The van der Waals surface area contributed by atoms with Crippen LogP contribution in [0.3, 0.4) is 0 Å². The summed E-state index contributed by atoms with van der Waals surface area (Å²) in [5, 5.41) is 3.22. The van der Waals surface area contributed by atoms with Gasteiger partial charge >= 0.3 is 6.09 Å². The monoisotopic (exact) mass is 461 g/mol. The maximum Gasteiger partial charge on any atom is 0.420 e. The fourth-order valence-electron chi connectivity index (χ4n) is 3.37. The number of halogens is 1. The van der Waals surface area contributed by atoms with Crippen molar-refractivity contribution >= 4 is 38.6 Å².